The van der Waals surface area contributed by atoms with Crippen molar-refractivity contribution in [1.29, 1.82) is 0 Å². The van der Waals surface area contributed by atoms with Gasteiger partial charge in [-0.15, -0.1) is 0 Å². The maximum atomic E-state index is 12.9. The molecule has 1 unspecified atom stereocenters. The van der Waals surface area contributed by atoms with Crippen molar-refractivity contribution in [3.8, 4) is 11.3 Å². The number of carbonyl (C=O) groups excluding carboxylic acids is 1. The lowest BCUT2D eigenvalue weighted by Gasteiger charge is -2.29. The fourth-order valence-corrected chi connectivity index (χ4v) is 3.36. The Kier molecular flexibility index (Phi) is 3.63. The Balaban J connectivity index is 1.53. The van der Waals surface area contributed by atoms with Crippen LogP contribution in [0, 0.1) is 5.92 Å². The summed E-state index contributed by atoms with van der Waals surface area (Å²) in [6, 6.07) is 6.68. The molecule has 2 heterocycles. The number of pyridine rings is 1. The molecule has 5 nitrogen and oxygen atoms in total. The molecule has 0 spiro atoms. The minimum absolute atomic E-state index is 0.200. The first-order chi connectivity index (χ1) is 11.2. The Bertz CT molecular complexity index is 688. The van der Waals surface area contributed by atoms with Gasteiger partial charge in [-0.1, -0.05) is 0 Å². The van der Waals surface area contributed by atoms with E-state index in [1.807, 2.05) is 22.9 Å². The van der Waals surface area contributed by atoms with Crippen molar-refractivity contribution in [1.82, 2.24) is 19.7 Å². The van der Waals surface area contributed by atoms with Crippen molar-refractivity contribution >= 4 is 5.91 Å². The highest BCUT2D eigenvalue weighted by Crippen LogP contribution is 2.39. The van der Waals surface area contributed by atoms with Gasteiger partial charge in [0.2, 0.25) is 5.91 Å². The van der Waals surface area contributed by atoms with Crippen LogP contribution < -0.4 is 0 Å². The Morgan fingerprint density at radius 2 is 1.96 bits per heavy atom. The van der Waals surface area contributed by atoms with Crippen LogP contribution in [0.1, 0.15) is 32.6 Å². The van der Waals surface area contributed by atoms with Gasteiger partial charge in [0, 0.05) is 36.2 Å². The molecule has 2 aromatic rings. The van der Waals surface area contributed by atoms with E-state index in [-0.39, 0.29) is 5.91 Å². The second-order valence-electron chi connectivity index (χ2n) is 6.72. The number of amides is 1. The molecule has 2 aromatic heterocycles. The first-order valence-corrected chi connectivity index (χ1v) is 8.47. The second-order valence-corrected chi connectivity index (χ2v) is 6.72. The zero-order valence-corrected chi connectivity index (χ0v) is 13.4. The fourth-order valence-electron chi connectivity index (χ4n) is 3.36. The van der Waals surface area contributed by atoms with E-state index in [0.717, 1.165) is 24.1 Å². The first-order valence-electron chi connectivity index (χ1n) is 8.47. The van der Waals surface area contributed by atoms with E-state index in [1.165, 1.54) is 12.8 Å². The maximum Gasteiger partial charge on any atom is 0.244 e. The molecule has 0 N–H and O–H groups in total. The molecular weight excluding hydrogens is 288 g/mol. The minimum Gasteiger partial charge on any atom is -0.335 e. The topological polar surface area (TPSA) is 51.0 Å². The van der Waals surface area contributed by atoms with Crippen LogP contribution in [-0.4, -0.2) is 37.7 Å². The second kappa shape index (κ2) is 5.80. The summed E-state index contributed by atoms with van der Waals surface area (Å²) in [4.78, 5) is 19.1. The SMILES string of the molecule is CC(C1CC1)N(C(=O)Cn1nccc1-c1ccncc1)C1CC1. The van der Waals surface area contributed by atoms with Crippen LogP contribution in [-0.2, 0) is 11.3 Å². The van der Waals surface area contributed by atoms with Crippen molar-refractivity contribution in [3.63, 3.8) is 0 Å². The fraction of sp³-hybridized carbons (Fsp3) is 0.500. The highest BCUT2D eigenvalue weighted by Gasteiger charge is 2.41. The van der Waals surface area contributed by atoms with E-state index >= 15 is 0 Å². The van der Waals surface area contributed by atoms with E-state index in [9.17, 15) is 4.79 Å². The van der Waals surface area contributed by atoms with Gasteiger partial charge in [-0.05, 0) is 56.7 Å². The van der Waals surface area contributed by atoms with E-state index in [0.29, 0.717) is 24.5 Å². The average molecular weight is 310 g/mol. The standard InChI is InChI=1S/C18H22N4O/c1-13(14-2-3-14)22(16-4-5-16)18(23)12-21-17(8-11-20-21)15-6-9-19-10-7-15/h6-11,13-14,16H,2-5,12H2,1H3. The predicted molar refractivity (Wildman–Crippen MR) is 87.5 cm³/mol. The largest absolute Gasteiger partial charge is 0.335 e. The minimum atomic E-state index is 0.200. The number of hydrogen-bond donors (Lipinski definition) is 0. The molecule has 2 aliphatic rings. The molecule has 0 radical (unpaired) electrons. The molecule has 0 aromatic carbocycles. The summed E-state index contributed by atoms with van der Waals surface area (Å²) < 4.78 is 1.81. The number of hydrogen-bond acceptors (Lipinski definition) is 3. The Morgan fingerprint density at radius 1 is 1.22 bits per heavy atom. The highest BCUT2D eigenvalue weighted by molar-refractivity contribution is 5.78. The van der Waals surface area contributed by atoms with Gasteiger partial charge in [0.25, 0.3) is 0 Å². The maximum absolute atomic E-state index is 12.9. The van der Waals surface area contributed by atoms with E-state index < -0.39 is 0 Å². The molecule has 2 saturated carbocycles. The molecule has 0 aliphatic heterocycles. The van der Waals surface area contributed by atoms with Crippen molar-refractivity contribution in [2.45, 2.75) is 51.2 Å². The van der Waals surface area contributed by atoms with Crippen LogP contribution in [0.3, 0.4) is 0 Å². The summed E-state index contributed by atoms with van der Waals surface area (Å²) >= 11 is 0. The molecule has 4 rings (SSSR count). The Labute approximate surface area is 136 Å². The van der Waals surface area contributed by atoms with E-state index in [4.69, 9.17) is 0 Å². The molecule has 2 aliphatic carbocycles. The monoisotopic (exact) mass is 310 g/mol. The summed E-state index contributed by atoms with van der Waals surface area (Å²) in [6.07, 6.45) is 10.1. The summed E-state index contributed by atoms with van der Waals surface area (Å²) in [5.74, 6) is 0.905. The number of nitrogens with zero attached hydrogens (tertiary/aromatic N) is 4. The van der Waals surface area contributed by atoms with Crippen molar-refractivity contribution < 1.29 is 4.79 Å². The van der Waals surface area contributed by atoms with Crippen LogP contribution in [0.5, 0.6) is 0 Å². The van der Waals surface area contributed by atoms with Crippen LogP contribution in [0.2, 0.25) is 0 Å². The molecule has 0 saturated heterocycles. The third kappa shape index (κ3) is 3.00. The zero-order valence-electron chi connectivity index (χ0n) is 13.4. The van der Waals surface area contributed by atoms with Crippen LogP contribution in [0.25, 0.3) is 11.3 Å². The van der Waals surface area contributed by atoms with Gasteiger partial charge in [-0.2, -0.15) is 5.10 Å². The Morgan fingerprint density at radius 3 is 2.61 bits per heavy atom. The summed E-state index contributed by atoms with van der Waals surface area (Å²) in [7, 11) is 0. The number of rotatable bonds is 6. The number of aromatic nitrogens is 3. The molecular formula is C18H22N4O. The van der Waals surface area contributed by atoms with E-state index in [2.05, 4.69) is 21.9 Å². The molecule has 0 bridgehead atoms. The lowest BCUT2D eigenvalue weighted by molar-refractivity contribution is -0.135. The third-order valence-corrected chi connectivity index (χ3v) is 4.95. The molecule has 5 heteroatoms. The van der Waals surface area contributed by atoms with Crippen LogP contribution in [0.4, 0.5) is 0 Å². The van der Waals surface area contributed by atoms with Crippen molar-refractivity contribution in [3.05, 3.63) is 36.8 Å². The Hall–Kier alpha value is -2.17. The van der Waals surface area contributed by atoms with Gasteiger partial charge in [-0.25, -0.2) is 0 Å². The summed E-state index contributed by atoms with van der Waals surface area (Å²) in [6.45, 7) is 2.53. The molecule has 1 atom stereocenters. The predicted octanol–water partition coefficient (Wildman–Crippen LogP) is 2.73. The summed E-state index contributed by atoms with van der Waals surface area (Å²) in [5.41, 5.74) is 2.01. The molecule has 1 amide bonds. The zero-order chi connectivity index (χ0) is 15.8. The smallest absolute Gasteiger partial charge is 0.244 e. The quantitative estimate of drug-likeness (QED) is 0.824. The first kappa shape index (κ1) is 14.4. The molecule has 120 valence electrons. The van der Waals surface area contributed by atoms with Crippen molar-refractivity contribution in [2.75, 3.05) is 0 Å². The normalized spacial score (nSPS) is 18.7. The van der Waals surface area contributed by atoms with Gasteiger partial charge in [0.05, 0.1) is 5.69 Å². The molecule has 23 heavy (non-hydrogen) atoms. The van der Waals surface area contributed by atoms with Gasteiger partial charge in [0.1, 0.15) is 6.54 Å². The lowest BCUT2D eigenvalue weighted by atomic mass is 10.1. The van der Waals surface area contributed by atoms with Gasteiger partial charge in [0.15, 0.2) is 0 Å². The van der Waals surface area contributed by atoms with Crippen LogP contribution >= 0.6 is 0 Å². The van der Waals surface area contributed by atoms with Gasteiger partial charge >= 0.3 is 0 Å². The lowest BCUT2D eigenvalue weighted by Crippen LogP contribution is -2.43. The van der Waals surface area contributed by atoms with Crippen molar-refractivity contribution in [2.24, 2.45) is 5.92 Å². The number of carbonyl (C=O) groups is 1. The molecule has 2 fully saturated rings. The van der Waals surface area contributed by atoms with E-state index in [1.54, 1.807) is 18.6 Å². The van der Waals surface area contributed by atoms with Gasteiger partial charge < -0.3 is 4.90 Å². The third-order valence-electron chi connectivity index (χ3n) is 4.95. The van der Waals surface area contributed by atoms with Gasteiger partial charge in [-0.3, -0.25) is 14.5 Å². The summed E-state index contributed by atoms with van der Waals surface area (Å²) in [5, 5.41) is 4.36. The highest BCUT2D eigenvalue weighted by atomic mass is 16.2. The van der Waals surface area contributed by atoms with Crippen LogP contribution in [0.15, 0.2) is 36.8 Å². The average Bonchev–Trinajstić information content (AvgIpc) is 3.47.